The molecule has 1 rings (SSSR count). The summed E-state index contributed by atoms with van der Waals surface area (Å²) in [6, 6.07) is 1.64. The quantitative estimate of drug-likeness (QED) is 0.550. The number of esters is 1. The van der Waals surface area contributed by atoms with Crippen LogP contribution in [0.2, 0.25) is 0 Å². The number of terminal acetylenes is 1. The van der Waals surface area contributed by atoms with E-state index in [0.29, 0.717) is 17.1 Å². The van der Waals surface area contributed by atoms with Crippen molar-refractivity contribution in [3.05, 3.63) is 23.2 Å². The van der Waals surface area contributed by atoms with Crippen LogP contribution in [0.1, 0.15) is 35.7 Å². The van der Waals surface area contributed by atoms with E-state index >= 15 is 0 Å². The molecule has 0 radical (unpaired) electrons. The monoisotopic (exact) mass is 206 g/mol. The molecule has 0 fully saturated rings. The summed E-state index contributed by atoms with van der Waals surface area (Å²) in [6.45, 7) is 5.42. The van der Waals surface area contributed by atoms with Crippen LogP contribution in [0.4, 0.5) is 0 Å². The maximum Gasteiger partial charge on any atom is 0.341 e. The van der Waals surface area contributed by atoms with E-state index in [1.165, 1.54) is 7.11 Å². The summed E-state index contributed by atoms with van der Waals surface area (Å²) < 4.78 is 10.1. The molecule has 0 aliphatic carbocycles. The summed E-state index contributed by atoms with van der Waals surface area (Å²) in [5, 5.41) is 0. The highest BCUT2D eigenvalue weighted by Crippen LogP contribution is 2.27. The van der Waals surface area contributed by atoms with Gasteiger partial charge in [-0.15, -0.1) is 6.42 Å². The van der Waals surface area contributed by atoms with Gasteiger partial charge in [0.05, 0.1) is 12.5 Å². The maximum absolute atomic E-state index is 11.3. The number of hydrogen-bond acceptors (Lipinski definition) is 3. The van der Waals surface area contributed by atoms with Crippen molar-refractivity contribution in [2.24, 2.45) is 0 Å². The molecule has 0 amide bonds. The predicted octanol–water partition coefficient (Wildman–Crippen LogP) is 2.29. The zero-order chi connectivity index (χ0) is 11.6. The number of carbonyl (C=O) groups is 1. The number of rotatable bonds is 2. The molecule has 3 nitrogen and oxygen atoms in total. The Morgan fingerprint density at radius 1 is 1.60 bits per heavy atom. The number of aryl methyl sites for hydroxylation is 1. The minimum atomic E-state index is -0.517. The van der Waals surface area contributed by atoms with Crippen LogP contribution >= 0.6 is 0 Å². The summed E-state index contributed by atoms with van der Waals surface area (Å²) in [5.41, 5.74) is -0.0901. The van der Waals surface area contributed by atoms with Crippen molar-refractivity contribution < 1.29 is 13.9 Å². The molecule has 1 aromatic rings. The van der Waals surface area contributed by atoms with Crippen LogP contribution < -0.4 is 0 Å². The minimum Gasteiger partial charge on any atom is -0.465 e. The van der Waals surface area contributed by atoms with Crippen LogP contribution in [0.5, 0.6) is 0 Å². The molecule has 3 heteroatoms. The highest BCUT2D eigenvalue weighted by Gasteiger charge is 2.25. The van der Waals surface area contributed by atoms with Gasteiger partial charge >= 0.3 is 5.97 Å². The first-order valence-electron chi connectivity index (χ1n) is 4.59. The zero-order valence-corrected chi connectivity index (χ0v) is 9.38. The molecule has 0 bridgehead atoms. The lowest BCUT2D eigenvalue weighted by molar-refractivity contribution is 0.0599. The summed E-state index contributed by atoms with van der Waals surface area (Å²) in [6.07, 6.45) is 5.38. The van der Waals surface area contributed by atoms with Gasteiger partial charge in [0.15, 0.2) is 0 Å². The fourth-order valence-corrected chi connectivity index (χ4v) is 1.17. The van der Waals surface area contributed by atoms with Gasteiger partial charge in [-0.05, 0) is 26.8 Å². The Kier molecular flexibility index (Phi) is 2.90. The van der Waals surface area contributed by atoms with Gasteiger partial charge in [0.25, 0.3) is 0 Å². The van der Waals surface area contributed by atoms with E-state index in [1.54, 1.807) is 13.0 Å². The first kappa shape index (κ1) is 11.4. The van der Waals surface area contributed by atoms with Crippen molar-refractivity contribution >= 4 is 5.97 Å². The van der Waals surface area contributed by atoms with E-state index in [-0.39, 0.29) is 0 Å². The average molecular weight is 206 g/mol. The first-order chi connectivity index (χ1) is 6.92. The molecule has 80 valence electrons. The first-order valence-corrected chi connectivity index (χ1v) is 4.59. The summed E-state index contributed by atoms with van der Waals surface area (Å²) in [7, 11) is 1.33. The van der Waals surface area contributed by atoms with Crippen LogP contribution in [0.3, 0.4) is 0 Å². The molecule has 0 spiro atoms. The summed E-state index contributed by atoms with van der Waals surface area (Å²) >= 11 is 0. The Bertz CT molecular complexity index is 419. The lowest BCUT2D eigenvalue weighted by atomic mass is 9.91. The summed E-state index contributed by atoms with van der Waals surface area (Å²) in [4.78, 5) is 11.3. The number of methoxy groups -OCH3 is 1. The van der Waals surface area contributed by atoms with Crippen LogP contribution in [0.15, 0.2) is 10.5 Å². The minimum absolute atomic E-state index is 0.407. The maximum atomic E-state index is 11.3. The molecule has 0 aromatic carbocycles. The smallest absolute Gasteiger partial charge is 0.341 e. The molecule has 15 heavy (non-hydrogen) atoms. The number of hydrogen-bond donors (Lipinski definition) is 0. The summed E-state index contributed by atoms with van der Waals surface area (Å²) in [5.74, 6) is 3.33. The van der Waals surface area contributed by atoms with E-state index < -0.39 is 11.4 Å². The van der Waals surface area contributed by atoms with Gasteiger partial charge in [-0.1, -0.05) is 5.92 Å². The third-order valence-corrected chi connectivity index (χ3v) is 2.30. The van der Waals surface area contributed by atoms with Gasteiger partial charge in [-0.3, -0.25) is 0 Å². The van der Waals surface area contributed by atoms with Gasteiger partial charge in [0, 0.05) is 0 Å². The molecule has 1 aromatic heterocycles. The van der Waals surface area contributed by atoms with E-state index in [9.17, 15) is 4.79 Å². The Hall–Kier alpha value is -1.69. The fourth-order valence-electron chi connectivity index (χ4n) is 1.17. The second kappa shape index (κ2) is 3.82. The number of furan rings is 1. The SMILES string of the molecule is C#CC(C)(C)c1cc(C(=O)OC)c(C)o1. The lowest BCUT2D eigenvalue weighted by Gasteiger charge is -2.12. The van der Waals surface area contributed by atoms with Gasteiger partial charge < -0.3 is 9.15 Å². The van der Waals surface area contributed by atoms with E-state index in [4.69, 9.17) is 10.8 Å². The second-order valence-corrected chi connectivity index (χ2v) is 3.84. The molecule has 0 unspecified atom stereocenters. The zero-order valence-electron chi connectivity index (χ0n) is 9.38. The van der Waals surface area contributed by atoms with Crippen molar-refractivity contribution in [2.75, 3.05) is 7.11 Å². The number of ether oxygens (including phenoxy) is 1. The normalized spacial score (nSPS) is 10.9. The highest BCUT2D eigenvalue weighted by molar-refractivity contribution is 5.90. The molecular formula is C12H14O3. The lowest BCUT2D eigenvalue weighted by Crippen LogP contribution is -2.12. The topological polar surface area (TPSA) is 39.4 Å². The van der Waals surface area contributed by atoms with Crippen LogP contribution in [0.25, 0.3) is 0 Å². The van der Waals surface area contributed by atoms with Gasteiger partial charge in [0.2, 0.25) is 0 Å². The van der Waals surface area contributed by atoms with Gasteiger partial charge in [-0.2, -0.15) is 0 Å². The van der Waals surface area contributed by atoms with Crippen LogP contribution in [-0.4, -0.2) is 13.1 Å². The van der Waals surface area contributed by atoms with Crippen LogP contribution in [-0.2, 0) is 10.2 Å². The van der Waals surface area contributed by atoms with E-state index in [0.717, 1.165) is 0 Å². The molecular weight excluding hydrogens is 192 g/mol. The van der Waals surface area contributed by atoms with Gasteiger partial charge in [-0.25, -0.2) is 4.79 Å². The Labute approximate surface area is 89.4 Å². The van der Waals surface area contributed by atoms with E-state index in [2.05, 4.69) is 10.7 Å². The molecule has 0 saturated heterocycles. The molecule has 1 heterocycles. The predicted molar refractivity (Wildman–Crippen MR) is 56.6 cm³/mol. The molecule has 0 atom stereocenters. The fraction of sp³-hybridized carbons (Fsp3) is 0.417. The molecule has 0 aliphatic heterocycles. The largest absolute Gasteiger partial charge is 0.465 e. The van der Waals surface area contributed by atoms with Crippen molar-refractivity contribution in [2.45, 2.75) is 26.2 Å². The van der Waals surface area contributed by atoms with Crippen molar-refractivity contribution in [3.63, 3.8) is 0 Å². The molecule has 0 aliphatic rings. The average Bonchev–Trinajstić information content (AvgIpc) is 2.60. The third-order valence-electron chi connectivity index (χ3n) is 2.30. The Morgan fingerprint density at radius 3 is 2.67 bits per heavy atom. The van der Waals surface area contributed by atoms with Crippen LogP contribution in [0, 0.1) is 19.3 Å². The van der Waals surface area contributed by atoms with Gasteiger partial charge in [0.1, 0.15) is 17.1 Å². The van der Waals surface area contributed by atoms with Crippen molar-refractivity contribution in [1.29, 1.82) is 0 Å². The Morgan fingerprint density at radius 2 is 2.20 bits per heavy atom. The third kappa shape index (κ3) is 2.04. The van der Waals surface area contributed by atoms with Crippen molar-refractivity contribution in [1.82, 2.24) is 0 Å². The molecule has 0 saturated carbocycles. The number of carbonyl (C=O) groups excluding carboxylic acids is 1. The highest BCUT2D eigenvalue weighted by atomic mass is 16.5. The van der Waals surface area contributed by atoms with Crippen molar-refractivity contribution in [3.8, 4) is 12.3 Å². The standard InChI is InChI=1S/C12H14O3/c1-6-12(3,4)10-7-9(8(2)15-10)11(13)14-5/h1,7H,2-5H3. The Balaban J connectivity index is 3.18. The molecule has 0 N–H and O–H groups in total. The second-order valence-electron chi connectivity index (χ2n) is 3.84. The van der Waals surface area contributed by atoms with E-state index in [1.807, 2.05) is 13.8 Å².